The van der Waals surface area contributed by atoms with Crippen molar-refractivity contribution < 1.29 is 18.9 Å². The van der Waals surface area contributed by atoms with E-state index in [4.69, 9.17) is 18.9 Å². The molecule has 1 aromatic carbocycles. The molecule has 1 aromatic rings. The number of methoxy groups -OCH3 is 1. The Balaban J connectivity index is 1.43. The summed E-state index contributed by atoms with van der Waals surface area (Å²) in [5, 5.41) is 0. The van der Waals surface area contributed by atoms with Crippen molar-refractivity contribution >= 4 is 0 Å². The van der Waals surface area contributed by atoms with Crippen LogP contribution in [-0.4, -0.2) is 38.8 Å². The molecule has 0 radical (unpaired) electrons. The van der Waals surface area contributed by atoms with Crippen molar-refractivity contribution in [2.24, 2.45) is 17.8 Å². The molecule has 0 amide bonds. The van der Waals surface area contributed by atoms with Crippen LogP contribution in [0.2, 0.25) is 0 Å². The first kappa shape index (κ1) is 16.5. The Labute approximate surface area is 144 Å². The summed E-state index contributed by atoms with van der Waals surface area (Å²) in [6.45, 7) is 2.80. The smallest absolute Gasteiger partial charge is 0.174 e. The fourth-order valence-electron chi connectivity index (χ4n) is 5.00. The molecule has 0 aromatic heterocycles. The molecule has 1 saturated heterocycles. The molecule has 4 rings (SSSR count). The van der Waals surface area contributed by atoms with Crippen LogP contribution in [0.4, 0.5) is 0 Å². The highest BCUT2D eigenvalue weighted by Crippen LogP contribution is 2.54. The van der Waals surface area contributed by atoms with Gasteiger partial charge in [-0.2, -0.15) is 0 Å². The number of rotatable bonds is 5. The highest BCUT2D eigenvalue weighted by molar-refractivity contribution is 5.13. The maximum Gasteiger partial charge on any atom is 0.174 e. The van der Waals surface area contributed by atoms with Gasteiger partial charge in [0.1, 0.15) is 0 Å². The lowest BCUT2D eigenvalue weighted by Gasteiger charge is -2.34. The fourth-order valence-corrected chi connectivity index (χ4v) is 5.00. The van der Waals surface area contributed by atoms with Crippen molar-refractivity contribution in [3.63, 3.8) is 0 Å². The molecule has 2 saturated carbocycles. The number of ether oxygens (including phenoxy) is 4. The average molecular weight is 332 g/mol. The Kier molecular flexibility index (Phi) is 4.90. The van der Waals surface area contributed by atoms with E-state index in [0.29, 0.717) is 50.3 Å². The zero-order chi connectivity index (χ0) is 16.4. The summed E-state index contributed by atoms with van der Waals surface area (Å²) in [4.78, 5) is 0. The maximum atomic E-state index is 6.13. The van der Waals surface area contributed by atoms with Crippen molar-refractivity contribution in [3.05, 3.63) is 35.9 Å². The SMILES string of the molecule is CO[C@H]1CC[C@@H]2[C@H](C1)CC1(OCCO1)[C@H]2COCc1ccccc1. The summed E-state index contributed by atoms with van der Waals surface area (Å²) in [5.74, 6) is 1.19. The minimum Gasteiger partial charge on any atom is -0.381 e. The lowest BCUT2D eigenvalue weighted by molar-refractivity contribution is -0.198. The number of benzene rings is 1. The average Bonchev–Trinajstić information content (AvgIpc) is 3.21. The summed E-state index contributed by atoms with van der Waals surface area (Å²) in [5.41, 5.74) is 1.22. The third kappa shape index (κ3) is 3.13. The molecule has 3 fully saturated rings. The third-order valence-electron chi connectivity index (χ3n) is 6.14. The van der Waals surface area contributed by atoms with E-state index in [9.17, 15) is 0 Å². The Hall–Kier alpha value is -0.940. The minimum atomic E-state index is -0.408. The van der Waals surface area contributed by atoms with Gasteiger partial charge in [0.05, 0.1) is 32.5 Å². The zero-order valence-electron chi connectivity index (χ0n) is 14.5. The van der Waals surface area contributed by atoms with Gasteiger partial charge in [0.15, 0.2) is 5.79 Å². The van der Waals surface area contributed by atoms with Crippen LogP contribution >= 0.6 is 0 Å². The van der Waals surface area contributed by atoms with Gasteiger partial charge in [0.2, 0.25) is 0 Å². The lowest BCUT2D eigenvalue weighted by Crippen LogP contribution is -2.40. The van der Waals surface area contributed by atoms with Gasteiger partial charge in [-0.05, 0) is 36.7 Å². The van der Waals surface area contributed by atoms with E-state index in [2.05, 4.69) is 24.3 Å². The van der Waals surface area contributed by atoms with Crippen molar-refractivity contribution in [2.75, 3.05) is 26.9 Å². The minimum absolute atomic E-state index is 0.339. The predicted octanol–water partition coefficient (Wildman–Crippen LogP) is 3.40. The van der Waals surface area contributed by atoms with Crippen LogP contribution in [0.15, 0.2) is 30.3 Å². The van der Waals surface area contributed by atoms with E-state index >= 15 is 0 Å². The molecule has 4 nitrogen and oxygen atoms in total. The normalized spacial score (nSPS) is 34.5. The second-order valence-corrected chi connectivity index (χ2v) is 7.41. The molecule has 4 heteroatoms. The highest BCUT2D eigenvalue weighted by Gasteiger charge is 2.58. The van der Waals surface area contributed by atoms with Gasteiger partial charge in [0, 0.05) is 19.4 Å². The molecule has 0 unspecified atom stereocenters. The standard InChI is InChI=1S/C20H28O4/c1-21-17-7-8-18-16(11-17)12-20(23-9-10-24-20)19(18)14-22-13-15-5-3-2-4-6-15/h2-6,16-19H,7-14H2,1H3/t16-,17+,18-,19+/m1/s1. The second-order valence-electron chi connectivity index (χ2n) is 7.41. The topological polar surface area (TPSA) is 36.9 Å². The van der Waals surface area contributed by atoms with E-state index in [1.807, 2.05) is 13.2 Å². The monoisotopic (exact) mass is 332 g/mol. The summed E-state index contributed by atoms with van der Waals surface area (Å²) < 4.78 is 24.0. The second kappa shape index (κ2) is 7.12. The van der Waals surface area contributed by atoms with Gasteiger partial charge in [0.25, 0.3) is 0 Å². The molecule has 1 spiro atoms. The molecule has 1 heterocycles. The molecule has 2 aliphatic carbocycles. The maximum absolute atomic E-state index is 6.13. The number of hydrogen-bond acceptors (Lipinski definition) is 4. The largest absolute Gasteiger partial charge is 0.381 e. The number of fused-ring (bicyclic) bond motifs is 1. The first-order valence-corrected chi connectivity index (χ1v) is 9.23. The van der Waals surface area contributed by atoms with Gasteiger partial charge in [-0.15, -0.1) is 0 Å². The molecular weight excluding hydrogens is 304 g/mol. The fraction of sp³-hybridized carbons (Fsp3) is 0.700. The van der Waals surface area contributed by atoms with Gasteiger partial charge >= 0.3 is 0 Å². The van der Waals surface area contributed by atoms with E-state index in [-0.39, 0.29) is 0 Å². The zero-order valence-corrected chi connectivity index (χ0v) is 14.5. The van der Waals surface area contributed by atoms with Crippen molar-refractivity contribution in [1.29, 1.82) is 0 Å². The third-order valence-corrected chi connectivity index (χ3v) is 6.14. The van der Waals surface area contributed by atoms with Crippen molar-refractivity contribution in [1.82, 2.24) is 0 Å². The Bertz CT molecular complexity index is 526. The van der Waals surface area contributed by atoms with Crippen LogP contribution in [-0.2, 0) is 25.6 Å². The van der Waals surface area contributed by atoms with Crippen molar-refractivity contribution in [2.45, 2.75) is 44.2 Å². The number of hydrogen-bond donors (Lipinski definition) is 0. The highest BCUT2D eigenvalue weighted by atomic mass is 16.7. The Morgan fingerprint density at radius 1 is 1.12 bits per heavy atom. The van der Waals surface area contributed by atoms with Crippen LogP contribution in [0.3, 0.4) is 0 Å². The molecule has 0 N–H and O–H groups in total. The molecule has 132 valence electrons. The molecule has 4 atom stereocenters. The molecule has 1 aliphatic heterocycles. The van der Waals surface area contributed by atoms with Gasteiger partial charge in [-0.1, -0.05) is 30.3 Å². The molecule has 3 aliphatic rings. The van der Waals surface area contributed by atoms with Crippen LogP contribution in [0, 0.1) is 17.8 Å². The molecule has 24 heavy (non-hydrogen) atoms. The van der Waals surface area contributed by atoms with Gasteiger partial charge < -0.3 is 18.9 Å². The molecule has 0 bridgehead atoms. The summed E-state index contributed by atoms with van der Waals surface area (Å²) in [6, 6.07) is 10.4. The van der Waals surface area contributed by atoms with E-state index < -0.39 is 5.79 Å². The first-order valence-electron chi connectivity index (χ1n) is 9.23. The summed E-state index contributed by atoms with van der Waals surface area (Å²) >= 11 is 0. The van der Waals surface area contributed by atoms with E-state index in [1.54, 1.807) is 0 Å². The Morgan fingerprint density at radius 3 is 2.67 bits per heavy atom. The van der Waals surface area contributed by atoms with Crippen molar-refractivity contribution in [3.8, 4) is 0 Å². The Morgan fingerprint density at radius 2 is 1.92 bits per heavy atom. The summed E-state index contributed by atoms with van der Waals surface area (Å²) in [7, 11) is 1.83. The molecular formula is C20H28O4. The summed E-state index contributed by atoms with van der Waals surface area (Å²) in [6.07, 6.45) is 4.86. The lowest BCUT2D eigenvalue weighted by atomic mass is 9.77. The van der Waals surface area contributed by atoms with Crippen LogP contribution in [0.5, 0.6) is 0 Å². The van der Waals surface area contributed by atoms with E-state index in [1.165, 1.54) is 12.0 Å². The predicted molar refractivity (Wildman–Crippen MR) is 90.5 cm³/mol. The van der Waals surface area contributed by atoms with Gasteiger partial charge in [-0.25, -0.2) is 0 Å². The van der Waals surface area contributed by atoms with Crippen LogP contribution in [0.1, 0.15) is 31.2 Å². The first-order chi connectivity index (χ1) is 11.8. The van der Waals surface area contributed by atoms with Crippen LogP contribution in [0.25, 0.3) is 0 Å². The van der Waals surface area contributed by atoms with E-state index in [0.717, 1.165) is 19.3 Å². The van der Waals surface area contributed by atoms with Crippen LogP contribution < -0.4 is 0 Å². The van der Waals surface area contributed by atoms with Gasteiger partial charge in [-0.3, -0.25) is 0 Å². The quantitative estimate of drug-likeness (QED) is 0.828.